The van der Waals surface area contributed by atoms with Gasteiger partial charge in [0.2, 0.25) is 5.91 Å². The molecule has 0 unspecified atom stereocenters. The minimum Gasteiger partial charge on any atom is -0.478 e. The Morgan fingerprint density at radius 1 is 1.15 bits per heavy atom. The molecule has 0 heterocycles. The van der Waals surface area contributed by atoms with Crippen molar-refractivity contribution in [2.24, 2.45) is 0 Å². The van der Waals surface area contributed by atoms with Crippen molar-refractivity contribution >= 4 is 41.3 Å². The summed E-state index contributed by atoms with van der Waals surface area (Å²) in [6.45, 7) is 1.64. The Morgan fingerprint density at radius 3 is 2.41 bits per heavy atom. The van der Waals surface area contributed by atoms with Crippen LogP contribution < -0.4 is 5.32 Å². The number of anilines is 1. The molecule has 2 aromatic rings. The highest BCUT2D eigenvalue weighted by atomic mass is 35.5. The molecule has 2 aromatic carbocycles. The van der Waals surface area contributed by atoms with Crippen molar-refractivity contribution < 1.29 is 27.9 Å². The number of aromatic carboxylic acids is 1. The van der Waals surface area contributed by atoms with Crippen molar-refractivity contribution in [3.8, 4) is 0 Å². The predicted molar refractivity (Wildman–Crippen MR) is 97.7 cm³/mol. The van der Waals surface area contributed by atoms with Gasteiger partial charge in [0.05, 0.1) is 16.8 Å². The number of alkyl halides is 3. The summed E-state index contributed by atoms with van der Waals surface area (Å²) < 4.78 is 38.0. The number of nitrogens with one attached hydrogen (secondary N) is 1. The molecular weight excluding hydrogens is 383 g/mol. The van der Waals surface area contributed by atoms with Crippen molar-refractivity contribution in [1.29, 1.82) is 0 Å². The lowest BCUT2D eigenvalue weighted by atomic mass is 10.1. The van der Waals surface area contributed by atoms with Crippen molar-refractivity contribution in [2.45, 2.75) is 19.5 Å². The van der Waals surface area contributed by atoms with Gasteiger partial charge in [-0.1, -0.05) is 42.8 Å². The molecule has 0 bridgehead atoms. The van der Waals surface area contributed by atoms with Crippen LogP contribution in [0, 0.1) is 0 Å². The van der Waals surface area contributed by atoms with Crippen LogP contribution in [-0.2, 0) is 11.0 Å². The number of carbonyl (C=O) groups excluding carboxylic acids is 1. The van der Waals surface area contributed by atoms with Crippen LogP contribution in [0.3, 0.4) is 0 Å². The third-order valence-corrected chi connectivity index (χ3v) is 3.98. The molecule has 142 valence electrons. The summed E-state index contributed by atoms with van der Waals surface area (Å²) in [6, 6.07) is 7.35. The quantitative estimate of drug-likeness (QED) is 0.647. The fourth-order valence-corrected chi connectivity index (χ4v) is 2.46. The van der Waals surface area contributed by atoms with Crippen LogP contribution in [-0.4, -0.2) is 17.0 Å². The van der Waals surface area contributed by atoms with E-state index in [1.54, 1.807) is 13.0 Å². The Bertz CT molecular complexity index is 908. The summed E-state index contributed by atoms with van der Waals surface area (Å²) in [5, 5.41) is 11.7. The number of benzene rings is 2. The van der Waals surface area contributed by atoms with E-state index >= 15 is 0 Å². The fraction of sp³-hybridized carbons (Fsp3) is 0.158. The van der Waals surface area contributed by atoms with E-state index in [9.17, 15) is 27.9 Å². The minimum atomic E-state index is -4.49. The first-order valence-corrected chi connectivity index (χ1v) is 8.21. The first-order valence-electron chi connectivity index (χ1n) is 7.84. The topological polar surface area (TPSA) is 66.4 Å². The molecule has 2 rings (SSSR count). The Kier molecular flexibility index (Phi) is 6.28. The van der Waals surface area contributed by atoms with Gasteiger partial charge in [0.1, 0.15) is 0 Å². The summed E-state index contributed by atoms with van der Waals surface area (Å²) in [7, 11) is 0. The number of hydrogen-bond donors (Lipinski definition) is 2. The fourth-order valence-electron chi connectivity index (χ4n) is 2.21. The van der Waals surface area contributed by atoms with Crippen LogP contribution in [0.25, 0.3) is 12.2 Å². The smallest absolute Gasteiger partial charge is 0.416 e. The molecule has 0 aliphatic rings. The second-order valence-corrected chi connectivity index (χ2v) is 5.99. The third-order valence-electron chi connectivity index (χ3n) is 3.65. The van der Waals surface area contributed by atoms with E-state index in [0.717, 1.165) is 12.1 Å². The molecule has 4 nitrogen and oxygen atoms in total. The molecule has 0 atom stereocenters. The number of amides is 1. The molecule has 0 radical (unpaired) electrons. The Hall–Kier alpha value is -2.80. The van der Waals surface area contributed by atoms with Gasteiger partial charge in [-0.25, -0.2) is 4.79 Å². The summed E-state index contributed by atoms with van der Waals surface area (Å²) in [4.78, 5) is 22.9. The van der Waals surface area contributed by atoms with E-state index < -0.39 is 17.7 Å². The lowest BCUT2D eigenvalue weighted by Crippen LogP contribution is -2.13. The molecule has 0 spiro atoms. The highest BCUT2D eigenvalue weighted by molar-refractivity contribution is 6.32. The Balaban J connectivity index is 2.30. The minimum absolute atomic E-state index is 0.0774. The first kappa shape index (κ1) is 20.5. The maximum atomic E-state index is 12.7. The van der Waals surface area contributed by atoms with Gasteiger partial charge in [-0.3, -0.25) is 4.79 Å². The number of carbonyl (C=O) groups is 2. The zero-order valence-corrected chi connectivity index (χ0v) is 14.9. The van der Waals surface area contributed by atoms with E-state index in [0.29, 0.717) is 11.1 Å². The monoisotopic (exact) mass is 397 g/mol. The van der Waals surface area contributed by atoms with Crippen molar-refractivity contribution in [3.63, 3.8) is 0 Å². The normalized spacial score (nSPS) is 11.6. The highest BCUT2D eigenvalue weighted by Crippen LogP contribution is 2.32. The number of carboxylic acid groups (broad SMARTS) is 1. The van der Waals surface area contributed by atoms with E-state index in [2.05, 4.69) is 5.32 Å². The van der Waals surface area contributed by atoms with Crippen LogP contribution >= 0.6 is 11.6 Å². The zero-order valence-electron chi connectivity index (χ0n) is 14.1. The molecule has 8 heteroatoms. The molecular formula is C19H15ClF3NO3. The molecule has 1 amide bonds. The predicted octanol–water partition coefficient (Wildman–Crippen LogP) is 5.58. The molecule has 0 saturated carbocycles. The van der Waals surface area contributed by atoms with Crippen LogP contribution in [0.15, 0.2) is 36.4 Å². The van der Waals surface area contributed by atoms with Crippen LogP contribution in [0.5, 0.6) is 0 Å². The summed E-state index contributed by atoms with van der Waals surface area (Å²) >= 11 is 5.89. The second-order valence-electron chi connectivity index (χ2n) is 5.58. The highest BCUT2D eigenvalue weighted by Gasteiger charge is 2.30. The third kappa shape index (κ3) is 5.34. The SMILES string of the molecule is CCC(=O)Nc1ccc(C=Cc2ccc(C(F)(F)F)cc2Cl)cc1C(=O)O. The lowest BCUT2D eigenvalue weighted by molar-refractivity contribution is -0.137. The van der Waals surface area contributed by atoms with E-state index in [4.69, 9.17) is 11.6 Å². The van der Waals surface area contributed by atoms with Gasteiger partial charge in [0, 0.05) is 11.4 Å². The lowest BCUT2D eigenvalue weighted by Gasteiger charge is -2.09. The molecule has 0 fully saturated rings. The molecule has 27 heavy (non-hydrogen) atoms. The van der Waals surface area contributed by atoms with E-state index in [1.807, 2.05) is 0 Å². The molecule has 0 aromatic heterocycles. The summed E-state index contributed by atoms with van der Waals surface area (Å²) in [5.74, 6) is -1.54. The van der Waals surface area contributed by atoms with E-state index in [-0.39, 0.29) is 28.6 Å². The van der Waals surface area contributed by atoms with Gasteiger partial charge in [0.25, 0.3) is 0 Å². The average Bonchev–Trinajstić information content (AvgIpc) is 2.60. The van der Waals surface area contributed by atoms with Gasteiger partial charge < -0.3 is 10.4 Å². The zero-order chi connectivity index (χ0) is 20.2. The molecule has 0 aliphatic heterocycles. The number of hydrogen-bond acceptors (Lipinski definition) is 2. The van der Waals surface area contributed by atoms with Gasteiger partial charge in [-0.05, 0) is 35.4 Å². The Morgan fingerprint density at radius 2 is 1.85 bits per heavy atom. The maximum absolute atomic E-state index is 12.7. The van der Waals surface area contributed by atoms with Crippen LogP contribution in [0.2, 0.25) is 5.02 Å². The number of halogens is 4. The van der Waals surface area contributed by atoms with Crippen molar-refractivity contribution in [1.82, 2.24) is 0 Å². The van der Waals surface area contributed by atoms with E-state index in [1.165, 1.54) is 30.4 Å². The van der Waals surface area contributed by atoms with Crippen molar-refractivity contribution in [2.75, 3.05) is 5.32 Å². The second kappa shape index (κ2) is 8.26. The summed E-state index contributed by atoms with van der Waals surface area (Å²) in [5.41, 5.74) is 0.0492. The number of carboxylic acids is 1. The first-order chi connectivity index (χ1) is 12.6. The van der Waals surface area contributed by atoms with Gasteiger partial charge in [-0.15, -0.1) is 0 Å². The number of rotatable bonds is 5. The standard InChI is InChI=1S/C19H15ClF3NO3/c1-2-17(25)24-16-8-4-11(9-14(16)18(26)27)3-5-12-6-7-13(10-15(12)20)19(21,22)23/h3-10H,2H2,1H3,(H,24,25)(H,26,27). The van der Waals surface area contributed by atoms with Gasteiger partial charge >= 0.3 is 12.1 Å². The van der Waals surface area contributed by atoms with Gasteiger partial charge in [0.15, 0.2) is 0 Å². The molecule has 0 aliphatic carbocycles. The largest absolute Gasteiger partial charge is 0.478 e. The molecule has 2 N–H and O–H groups in total. The van der Waals surface area contributed by atoms with Crippen LogP contribution in [0.1, 0.15) is 40.4 Å². The summed E-state index contributed by atoms with van der Waals surface area (Å²) in [6.07, 6.45) is -1.28. The van der Waals surface area contributed by atoms with Gasteiger partial charge in [-0.2, -0.15) is 13.2 Å². The maximum Gasteiger partial charge on any atom is 0.416 e. The molecule has 0 saturated heterocycles. The van der Waals surface area contributed by atoms with Crippen LogP contribution in [0.4, 0.5) is 18.9 Å². The Labute approximate surface area is 158 Å². The average molecular weight is 398 g/mol. The van der Waals surface area contributed by atoms with Crippen molar-refractivity contribution in [3.05, 3.63) is 63.7 Å².